The van der Waals surface area contributed by atoms with Gasteiger partial charge in [-0.1, -0.05) is 20.3 Å². The van der Waals surface area contributed by atoms with E-state index in [0.717, 1.165) is 32.1 Å². The standard InChI is InChI=1S/C18H26N2O4/c1-3-9-19-16(21)14-12-24-18(8-4-6-13(2)11-18)20(14)17(22)15-7-5-10-23-15/h5,7,10,13-14H,3-4,6,8-9,11-12H2,1-2H3,(H,19,21)/t13-,14-,18-/m0/s1. The van der Waals surface area contributed by atoms with Crippen molar-refractivity contribution in [2.24, 2.45) is 5.92 Å². The van der Waals surface area contributed by atoms with Crippen LogP contribution in [-0.2, 0) is 9.53 Å². The Hall–Kier alpha value is -1.82. The van der Waals surface area contributed by atoms with Crippen LogP contribution in [0.1, 0.15) is 56.5 Å². The summed E-state index contributed by atoms with van der Waals surface area (Å²) in [6, 6.07) is 2.73. The Morgan fingerprint density at radius 1 is 1.46 bits per heavy atom. The molecule has 6 heteroatoms. The van der Waals surface area contributed by atoms with E-state index in [1.54, 1.807) is 17.0 Å². The molecule has 1 aliphatic heterocycles. The molecule has 2 fully saturated rings. The molecule has 2 heterocycles. The molecule has 1 aliphatic carbocycles. The Morgan fingerprint density at radius 2 is 2.29 bits per heavy atom. The third kappa shape index (κ3) is 3.07. The van der Waals surface area contributed by atoms with E-state index in [-0.39, 0.29) is 24.2 Å². The summed E-state index contributed by atoms with van der Waals surface area (Å²) in [5.74, 6) is 0.310. The molecule has 6 nitrogen and oxygen atoms in total. The third-order valence-electron chi connectivity index (χ3n) is 4.99. The largest absolute Gasteiger partial charge is 0.459 e. The molecule has 0 unspecified atom stereocenters. The first kappa shape index (κ1) is 17.0. The maximum Gasteiger partial charge on any atom is 0.292 e. The number of nitrogens with one attached hydrogen (secondary N) is 1. The lowest BCUT2D eigenvalue weighted by Gasteiger charge is -2.43. The van der Waals surface area contributed by atoms with Crippen molar-refractivity contribution in [2.75, 3.05) is 13.2 Å². The summed E-state index contributed by atoms with van der Waals surface area (Å²) in [5, 5.41) is 2.89. The molecule has 1 aromatic heterocycles. The molecule has 0 bridgehead atoms. The minimum Gasteiger partial charge on any atom is -0.459 e. The van der Waals surface area contributed by atoms with Gasteiger partial charge < -0.3 is 14.5 Å². The van der Waals surface area contributed by atoms with Crippen LogP contribution in [-0.4, -0.2) is 41.6 Å². The number of hydrogen-bond donors (Lipinski definition) is 1. The fraction of sp³-hybridized carbons (Fsp3) is 0.667. The van der Waals surface area contributed by atoms with Crippen LogP contribution in [0.25, 0.3) is 0 Å². The molecular weight excluding hydrogens is 308 g/mol. The van der Waals surface area contributed by atoms with Crippen LogP contribution < -0.4 is 5.32 Å². The first-order valence-corrected chi connectivity index (χ1v) is 8.86. The van der Waals surface area contributed by atoms with Crippen LogP contribution in [0.15, 0.2) is 22.8 Å². The van der Waals surface area contributed by atoms with Crippen molar-refractivity contribution in [3.8, 4) is 0 Å². The van der Waals surface area contributed by atoms with Gasteiger partial charge in [-0.25, -0.2) is 0 Å². The number of nitrogens with zero attached hydrogens (tertiary/aromatic N) is 1. The number of ether oxygens (including phenoxy) is 1. The summed E-state index contributed by atoms with van der Waals surface area (Å²) in [7, 11) is 0. The highest BCUT2D eigenvalue weighted by Crippen LogP contribution is 2.43. The summed E-state index contributed by atoms with van der Waals surface area (Å²) in [5.41, 5.74) is -0.685. The second-order valence-corrected chi connectivity index (χ2v) is 6.92. The highest BCUT2D eigenvalue weighted by atomic mass is 16.5. The van der Waals surface area contributed by atoms with Gasteiger partial charge in [0.15, 0.2) is 5.76 Å². The van der Waals surface area contributed by atoms with E-state index in [1.165, 1.54) is 6.26 Å². The van der Waals surface area contributed by atoms with Crippen LogP contribution >= 0.6 is 0 Å². The van der Waals surface area contributed by atoms with Crippen molar-refractivity contribution in [1.82, 2.24) is 10.2 Å². The van der Waals surface area contributed by atoms with E-state index < -0.39 is 11.8 Å². The Morgan fingerprint density at radius 3 is 2.96 bits per heavy atom. The monoisotopic (exact) mass is 334 g/mol. The van der Waals surface area contributed by atoms with Gasteiger partial charge in [-0.05, 0) is 43.7 Å². The van der Waals surface area contributed by atoms with Crippen molar-refractivity contribution >= 4 is 11.8 Å². The SMILES string of the molecule is CCCNC(=O)[C@@H]1CO[C@]2(CCC[C@H](C)C2)N1C(=O)c1ccco1. The molecule has 1 spiro atoms. The smallest absolute Gasteiger partial charge is 0.292 e. The van der Waals surface area contributed by atoms with Crippen LogP contribution in [0.5, 0.6) is 0 Å². The molecule has 3 rings (SSSR count). The maximum atomic E-state index is 13.0. The van der Waals surface area contributed by atoms with Crippen LogP contribution in [0.3, 0.4) is 0 Å². The predicted octanol–water partition coefficient (Wildman–Crippen LogP) is 2.55. The van der Waals surface area contributed by atoms with Gasteiger partial charge in [-0.2, -0.15) is 0 Å². The minimum absolute atomic E-state index is 0.146. The van der Waals surface area contributed by atoms with Crippen molar-refractivity contribution in [1.29, 1.82) is 0 Å². The number of rotatable bonds is 4. The normalized spacial score (nSPS) is 29.8. The van der Waals surface area contributed by atoms with Crippen molar-refractivity contribution in [3.63, 3.8) is 0 Å². The number of furan rings is 1. The fourth-order valence-electron chi connectivity index (χ4n) is 3.89. The second kappa shape index (κ2) is 6.97. The minimum atomic E-state index is -0.685. The highest BCUT2D eigenvalue weighted by molar-refractivity contribution is 5.96. The molecule has 1 saturated carbocycles. The van der Waals surface area contributed by atoms with Crippen molar-refractivity contribution in [2.45, 2.75) is 57.7 Å². The van der Waals surface area contributed by atoms with E-state index in [9.17, 15) is 9.59 Å². The average Bonchev–Trinajstić information content (AvgIpc) is 3.20. The molecule has 0 radical (unpaired) electrons. The fourth-order valence-corrected chi connectivity index (χ4v) is 3.89. The Kier molecular flexibility index (Phi) is 4.94. The molecule has 132 valence electrons. The molecule has 3 atom stereocenters. The van der Waals surface area contributed by atoms with Crippen LogP contribution in [0.4, 0.5) is 0 Å². The summed E-state index contributed by atoms with van der Waals surface area (Å²) >= 11 is 0. The third-order valence-corrected chi connectivity index (χ3v) is 4.99. The maximum absolute atomic E-state index is 13.0. The van der Waals surface area contributed by atoms with E-state index >= 15 is 0 Å². The lowest BCUT2D eigenvalue weighted by Crippen LogP contribution is -2.57. The van der Waals surface area contributed by atoms with Gasteiger partial charge in [0.25, 0.3) is 5.91 Å². The highest BCUT2D eigenvalue weighted by Gasteiger charge is 2.54. The van der Waals surface area contributed by atoms with Gasteiger partial charge >= 0.3 is 0 Å². The molecule has 1 N–H and O–H groups in total. The Balaban J connectivity index is 1.89. The van der Waals surface area contributed by atoms with E-state index in [0.29, 0.717) is 12.5 Å². The van der Waals surface area contributed by atoms with E-state index in [4.69, 9.17) is 9.15 Å². The molecule has 24 heavy (non-hydrogen) atoms. The molecule has 2 aliphatic rings. The van der Waals surface area contributed by atoms with Gasteiger partial charge in [-0.3, -0.25) is 14.5 Å². The van der Waals surface area contributed by atoms with Crippen molar-refractivity contribution in [3.05, 3.63) is 24.2 Å². The van der Waals surface area contributed by atoms with Crippen molar-refractivity contribution < 1.29 is 18.7 Å². The summed E-state index contributed by atoms with van der Waals surface area (Å²) in [4.78, 5) is 27.3. The Labute approximate surface area is 142 Å². The first-order valence-electron chi connectivity index (χ1n) is 8.86. The summed E-state index contributed by atoms with van der Waals surface area (Å²) < 4.78 is 11.4. The van der Waals surface area contributed by atoms with Gasteiger partial charge in [0, 0.05) is 6.54 Å². The van der Waals surface area contributed by atoms with Crippen LogP contribution in [0.2, 0.25) is 0 Å². The molecule has 2 amide bonds. The molecule has 0 aromatic carbocycles. The average molecular weight is 334 g/mol. The van der Waals surface area contributed by atoms with Gasteiger partial charge in [0.1, 0.15) is 11.8 Å². The molecule has 1 saturated heterocycles. The van der Waals surface area contributed by atoms with Gasteiger partial charge in [0.2, 0.25) is 5.91 Å². The zero-order valence-electron chi connectivity index (χ0n) is 14.4. The predicted molar refractivity (Wildman–Crippen MR) is 88.3 cm³/mol. The quantitative estimate of drug-likeness (QED) is 0.918. The summed E-state index contributed by atoms with van der Waals surface area (Å²) in [6.07, 6.45) is 5.98. The topological polar surface area (TPSA) is 71.8 Å². The van der Waals surface area contributed by atoms with E-state index in [2.05, 4.69) is 12.2 Å². The van der Waals surface area contributed by atoms with Gasteiger partial charge in [-0.15, -0.1) is 0 Å². The lowest BCUT2D eigenvalue weighted by molar-refractivity contribution is -0.128. The number of carbonyl (C=O) groups excluding carboxylic acids is 2. The zero-order chi connectivity index (χ0) is 17.2. The molecular formula is C18H26N2O4. The van der Waals surface area contributed by atoms with E-state index in [1.807, 2.05) is 6.92 Å². The van der Waals surface area contributed by atoms with Crippen LogP contribution in [0, 0.1) is 5.92 Å². The Bertz CT molecular complexity index is 586. The number of hydrogen-bond acceptors (Lipinski definition) is 4. The lowest BCUT2D eigenvalue weighted by atomic mass is 9.83. The number of amides is 2. The zero-order valence-corrected chi connectivity index (χ0v) is 14.4. The molecule has 1 aromatic rings. The summed E-state index contributed by atoms with van der Waals surface area (Å²) in [6.45, 7) is 5.02. The van der Waals surface area contributed by atoms with Gasteiger partial charge in [0.05, 0.1) is 12.9 Å². The first-order chi connectivity index (χ1) is 11.6. The second-order valence-electron chi connectivity index (χ2n) is 6.92. The number of carbonyl (C=O) groups is 2.